The minimum absolute atomic E-state index is 0.0507. The molecular formula is C28H35ClF3N3O5. The summed E-state index contributed by atoms with van der Waals surface area (Å²) in [6, 6.07) is 9.12. The average Bonchev–Trinajstić information content (AvgIpc) is 2.80. The van der Waals surface area contributed by atoms with Crippen LogP contribution in [-0.4, -0.2) is 62.7 Å². The SMILES string of the molecule is Cc1cc(C)c(C(=O)NC(C)(C)CC(=O)N2CC[C@](O)(c3ccc(Cl)cc3)C(C)(C)C2)cn1.O=C(O)C(F)(F)F. The fraction of sp³-hybridized carbons (Fsp3) is 0.500. The van der Waals surface area contributed by atoms with Crippen LogP contribution in [0.2, 0.25) is 5.02 Å². The predicted octanol–water partition coefficient (Wildman–Crippen LogP) is 5.03. The molecule has 2 aromatic rings. The van der Waals surface area contributed by atoms with E-state index in [0.717, 1.165) is 16.8 Å². The molecule has 2 heterocycles. The van der Waals surface area contributed by atoms with E-state index in [-0.39, 0.29) is 18.2 Å². The maximum Gasteiger partial charge on any atom is 0.490 e. The molecule has 0 radical (unpaired) electrons. The number of hydrogen-bond donors (Lipinski definition) is 3. The summed E-state index contributed by atoms with van der Waals surface area (Å²) < 4.78 is 31.7. The van der Waals surface area contributed by atoms with Crippen LogP contribution in [-0.2, 0) is 15.2 Å². The highest BCUT2D eigenvalue weighted by Crippen LogP contribution is 2.46. The molecule has 2 amide bonds. The number of nitrogens with zero attached hydrogens (tertiary/aromatic N) is 2. The van der Waals surface area contributed by atoms with Gasteiger partial charge in [0, 0.05) is 47.4 Å². The number of aromatic nitrogens is 1. The van der Waals surface area contributed by atoms with Crippen molar-refractivity contribution in [2.75, 3.05) is 13.1 Å². The molecule has 8 nitrogen and oxygen atoms in total. The first-order valence-corrected chi connectivity index (χ1v) is 12.9. The normalized spacial score (nSPS) is 18.8. The van der Waals surface area contributed by atoms with Gasteiger partial charge in [-0.25, -0.2) is 4.79 Å². The number of aliphatic carboxylic acids is 1. The lowest BCUT2D eigenvalue weighted by Crippen LogP contribution is -2.58. The van der Waals surface area contributed by atoms with Gasteiger partial charge in [0.1, 0.15) is 0 Å². The van der Waals surface area contributed by atoms with E-state index in [9.17, 15) is 27.9 Å². The molecule has 220 valence electrons. The molecule has 3 N–H and O–H groups in total. The van der Waals surface area contributed by atoms with Crippen molar-refractivity contribution in [3.05, 3.63) is 63.9 Å². The van der Waals surface area contributed by atoms with Crippen molar-refractivity contribution in [3.8, 4) is 0 Å². The van der Waals surface area contributed by atoms with Gasteiger partial charge in [-0.3, -0.25) is 14.6 Å². The molecule has 1 saturated heterocycles. The van der Waals surface area contributed by atoms with E-state index in [1.54, 1.807) is 23.2 Å². The number of hydrogen-bond acceptors (Lipinski definition) is 5. The van der Waals surface area contributed by atoms with Crippen LogP contribution in [0.1, 0.15) is 67.7 Å². The fourth-order valence-corrected chi connectivity index (χ4v) is 4.76. The van der Waals surface area contributed by atoms with Crippen LogP contribution < -0.4 is 5.32 Å². The Balaban J connectivity index is 0.000000708. The monoisotopic (exact) mass is 585 g/mol. The maximum absolute atomic E-state index is 13.2. The molecule has 1 atom stereocenters. The number of rotatable bonds is 5. The predicted molar refractivity (Wildman–Crippen MR) is 144 cm³/mol. The lowest BCUT2D eigenvalue weighted by atomic mass is 9.66. The number of aliphatic hydroxyl groups is 1. The Hall–Kier alpha value is -3.18. The molecule has 1 aromatic heterocycles. The quantitative estimate of drug-likeness (QED) is 0.453. The summed E-state index contributed by atoms with van der Waals surface area (Å²) >= 11 is 6.02. The first kappa shape index (κ1) is 33.0. The number of aryl methyl sites for hydroxylation is 2. The third kappa shape index (κ3) is 8.17. The lowest BCUT2D eigenvalue weighted by Gasteiger charge is -2.51. The Morgan fingerprint density at radius 2 is 1.68 bits per heavy atom. The summed E-state index contributed by atoms with van der Waals surface area (Å²) in [6.07, 6.45) is -2.93. The van der Waals surface area contributed by atoms with Crippen LogP contribution in [0, 0.1) is 19.3 Å². The number of carbonyl (C=O) groups is 3. The standard InChI is InChI=1S/C26H34ClN3O3.C2HF3O2/c1-17-13-18(2)28-15-21(17)23(32)29-25(5,6)14-22(31)30-12-11-26(33,24(3,4)16-30)19-7-9-20(27)10-8-19;3-2(4,5)1(6)7/h7-10,13,15,33H,11-12,14,16H2,1-6H3,(H,29,32);(H,6,7)/t26-;/m0./s1. The van der Waals surface area contributed by atoms with Gasteiger partial charge in [-0.05, 0) is 63.4 Å². The third-order valence-electron chi connectivity index (χ3n) is 6.90. The van der Waals surface area contributed by atoms with Gasteiger partial charge in [-0.1, -0.05) is 37.6 Å². The number of benzene rings is 1. The molecule has 12 heteroatoms. The molecule has 3 rings (SSSR count). The molecule has 1 aliphatic heterocycles. The second kappa shape index (κ2) is 12.1. The third-order valence-corrected chi connectivity index (χ3v) is 7.16. The van der Waals surface area contributed by atoms with Gasteiger partial charge in [0.05, 0.1) is 11.2 Å². The number of carboxylic acid groups (broad SMARTS) is 1. The number of carbonyl (C=O) groups excluding carboxylic acids is 2. The van der Waals surface area contributed by atoms with E-state index in [1.165, 1.54) is 0 Å². The van der Waals surface area contributed by atoms with E-state index in [1.807, 2.05) is 59.7 Å². The number of piperidine rings is 1. The molecule has 0 bridgehead atoms. The van der Waals surface area contributed by atoms with Crippen molar-refractivity contribution >= 4 is 29.4 Å². The van der Waals surface area contributed by atoms with Crippen LogP contribution in [0.15, 0.2) is 36.5 Å². The molecule has 0 aliphatic carbocycles. The van der Waals surface area contributed by atoms with E-state index >= 15 is 0 Å². The first-order valence-electron chi connectivity index (χ1n) is 12.5. The summed E-state index contributed by atoms with van der Waals surface area (Å²) in [5.74, 6) is -3.05. The van der Waals surface area contributed by atoms with E-state index in [4.69, 9.17) is 21.5 Å². The summed E-state index contributed by atoms with van der Waals surface area (Å²) in [5, 5.41) is 22.3. The summed E-state index contributed by atoms with van der Waals surface area (Å²) in [7, 11) is 0. The average molecular weight is 586 g/mol. The number of alkyl halides is 3. The van der Waals surface area contributed by atoms with Crippen molar-refractivity contribution in [2.45, 2.75) is 71.7 Å². The van der Waals surface area contributed by atoms with E-state index in [2.05, 4.69) is 10.3 Å². The molecule has 0 saturated carbocycles. The Kier molecular flexibility index (Phi) is 10.0. The van der Waals surface area contributed by atoms with Gasteiger partial charge in [0.2, 0.25) is 5.91 Å². The maximum atomic E-state index is 13.2. The molecular weight excluding hydrogens is 551 g/mol. The van der Waals surface area contributed by atoms with Gasteiger partial charge in [0.15, 0.2) is 0 Å². The highest BCUT2D eigenvalue weighted by molar-refractivity contribution is 6.30. The molecule has 1 fully saturated rings. The summed E-state index contributed by atoms with van der Waals surface area (Å²) in [6.45, 7) is 12.2. The minimum atomic E-state index is -5.08. The highest BCUT2D eigenvalue weighted by atomic mass is 35.5. The number of pyridine rings is 1. The number of likely N-dealkylation sites (tertiary alicyclic amines) is 1. The molecule has 40 heavy (non-hydrogen) atoms. The molecule has 1 aliphatic rings. The smallest absolute Gasteiger partial charge is 0.475 e. The molecule has 0 unspecified atom stereocenters. The van der Waals surface area contributed by atoms with Crippen molar-refractivity contribution in [1.29, 1.82) is 0 Å². The van der Waals surface area contributed by atoms with E-state index in [0.29, 0.717) is 30.1 Å². The zero-order valence-electron chi connectivity index (χ0n) is 23.3. The van der Waals surface area contributed by atoms with Crippen molar-refractivity contribution in [1.82, 2.24) is 15.2 Å². The van der Waals surface area contributed by atoms with Gasteiger partial charge in [-0.15, -0.1) is 0 Å². The van der Waals surface area contributed by atoms with Crippen molar-refractivity contribution in [2.24, 2.45) is 5.41 Å². The number of nitrogens with one attached hydrogen (secondary N) is 1. The van der Waals surface area contributed by atoms with Crippen LogP contribution in [0.4, 0.5) is 13.2 Å². The zero-order chi connectivity index (χ0) is 30.7. The van der Waals surface area contributed by atoms with Gasteiger partial charge in [0.25, 0.3) is 5.91 Å². The fourth-order valence-electron chi connectivity index (χ4n) is 4.64. The van der Waals surface area contributed by atoms with Gasteiger partial charge in [-0.2, -0.15) is 13.2 Å². The largest absolute Gasteiger partial charge is 0.490 e. The Morgan fingerprint density at radius 1 is 1.12 bits per heavy atom. The number of amides is 2. The second-order valence-corrected chi connectivity index (χ2v) is 11.7. The van der Waals surface area contributed by atoms with Gasteiger partial charge < -0.3 is 20.4 Å². The lowest BCUT2D eigenvalue weighted by molar-refractivity contribution is -0.192. The topological polar surface area (TPSA) is 120 Å². The number of halogens is 4. The van der Waals surface area contributed by atoms with Gasteiger partial charge >= 0.3 is 12.1 Å². The van der Waals surface area contributed by atoms with E-state index < -0.39 is 28.7 Å². The van der Waals surface area contributed by atoms with Crippen molar-refractivity contribution < 1.29 is 37.8 Å². The first-order chi connectivity index (χ1) is 18.2. The minimum Gasteiger partial charge on any atom is -0.475 e. The van der Waals surface area contributed by atoms with Crippen molar-refractivity contribution in [3.63, 3.8) is 0 Å². The second-order valence-electron chi connectivity index (χ2n) is 11.3. The Labute approximate surface area is 236 Å². The number of carboxylic acids is 1. The summed E-state index contributed by atoms with van der Waals surface area (Å²) in [5.41, 5.74) is 0.651. The van der Waals surface area contributed by atoms with Crippen LogP contribution >= 0.6 is 11.6 Å². The molecule has 0 spiro atoms. The zero-order valence-corrected chi connectivity index (χ0v) is 24.1. The van der Waals surface area contributed by atoms with Crippen LogP contribution in [0.25, 0.3) is 0 Å². The molecule has 1 aromatic carbocycles. The Morgan fingerprint density at radius 3 is 2.15 bits per heavy atom. The summed E-state index contributed by atoms with van der Waals surface area (Å²) in [4.78, 5) is 40.9. The Bertz CT molecular complexity index is 1250. The van der Waals surface area contributed by atoms with Crippen LogP contribution in [0.3, 0.4) is 0 Å². The van der Waals surface area contributed by atoms with Crippen LogP contribution in [0.5, 0.6) is 0 Å². The highest BCUT2D eigenvalue weighted by Gasteiger charge is 2.49.